The standard InChI is InChI=1S/2C5H10.2ClH.V/c2*1-2-4-5-3-1;;;/h2*1-5H2;2*1H;/q;;;;+2/p-2. The Morgan fingerprint density at radius 2 is 0.538 bits per heavy atom. The first-order valence-electron chi connectivity index (χ1n) is 5.34. The Labute approximate surface area is 98.0 Å². The van der Waals surface area contributed by atoms with E-state index >= 15 is 0 Å². The average Bonchev–Trinajstić information content (AvgIpc) is 2.85. The van der Waals surface area contributed by atoms with Crippen LogP contribution < -0.4 is 0 Å². The van der Waals surface area contributed by atoms with Gasteiger partial charge in [-0.05, 0) is 0 Å². The normalized spacial score (nSPS) is 19.5. The number of halogens is 2. The van der Waals surface area contributed by atoms with Gasteiger partial charge < -0.3 is 0 Å². The molecule has 0 radical (unpaired) electrons. The number of hydrogen-bond acceptors (Lipinski definition) is 0. The van der Waals surface area contributed by atoms with Crippen LogP contribution in [0.5, 0.6) is 0 Å². The molecule has 0 heterocycles. The molecule has 0 nitrogen and oxygen atoms in total. The summed E-state index contributed by atoms with van der Waals surface area (Å²) in [5, 5.41) is 0. The van der Waals surface area contributed by atoms with E-state index in [1.807, 2.05) is 0 Å². The third-order valence-corrected chi connectivity index (χ3v) is 2.50. The first-order chi connectivity index (χ1) is 6.41. The summed E-state index contributed by atoms with van der Waals surface area (Å²) in [4.78, 5) is 0. The van der Waals surface area contributed by atoms with Gasteiger partial charge in [0.2, 0.25) is 0 Å². The molecule has 2 rings (SSSR count). The zero-order chi connectivity index (χ0) is 9.78. The summed E-state index contributed by atoms with van der Waals surface area (Å²) >= 11 is -0.368. The van der Waals surface area contributed by atoms with Crippen LogP contribution in [0, 0.1) is 0 Å². The Bertz CT molecular complexity index is 55.8. The van der Waals surface area contributed by atoms with Crippen molar-refractivity contribution < 1.29 is 14.4 Å². The maximum atomic E-state index is 4.86. The van der Waals surface area contributed by atoms with Gasteiger partial charge in [-0.2, -0.15) is 0 Å². The Morgan fingerprint density at radius 3 is 0.615 bits per heavy atom. The van der Waals surface area contributed by atoms with E-state index in [0.29, 0.717) is 0 Å². The number of rotatable bonds is 0. The van der Waals surface area contributed by atoms with Crippen molar-refractivity contribution in [1.82, 2.24) is 0 Å². The molecular formula is C10H20Cl2V. The predicted octanol–water partition coefficient (Wildman–Crippen LogP) is 5.28. The van der Waals surface area contributed by atoms with Gasteiger partial charge in [0, 0.05) is 0 Å². The Morgan fingerprint density at radius 1 is 0.462 bits per heavy atom. The molecule has 2 aliphatic carbocycles. The van der Waals surface area contributed by atoms with Crippen LogP contribution in [-0.4, -0.2) is 0 Å². The van der Waals surface area contributed by atoms with E-state index in [1.165, 1.54) is 64.2 Å². The summed E-state index contributed by atoms with van der Waals surface area (Å²) in [7, 11) is 9.72. The molecule has 0 aromatic rings. The molecule has 79 valence electrons. The second-order valence-corrected chi connectivity index (χ2v) is 5.91. The molecule has 0 aliphatic heterocycles. The van der Waals surface area contributed by atoms with E-state index < -0.39 is 0 Å². The van der Waals surface area contributed by atoms with Gasteiger partial charge in [0.15, 0.2) is 0 Å². The van der Waals surface area contributed by atoms with Gasteiger partial charge in [0.1, 0.15) is 0 Å². The second kappa shape index (κ2) is 13.2. The van der Waals surface area contributed by atoms with Crippen LogP contribution in [0.1, 0.15) is 64.2 Å². The van der Waals surface area contributed by atoms with Crippen molar-refractivity contribution in [3.63, 3.8) is 0 Å². The zero-order valence-electron chi connectivity index (χ0n) is 8.27. The van der Waals surface area contributed by atoms with Crippen molar-refractivity contribution in [2.75, 3.05) is 0 Å². The van der Waals surface area contributed by atoms with Crippen LogP contribution in [0.2, 0.25) is 0 Å². The van der Waals surface area contributed by atoms with E-state index in [2.05, 4.69) is 0 Å². The fraction of sp³-hybridized carbons (Fsp3) is 1.00. The van der Waals surface area contributed by atoms with Gasteiger partial charge in [-0.1, -0.05) is 64.2 Å². The minimum atomic E-state index is -0.368. The number of hydrogen-bond donors (Lipinski definition) is 0. The average molecular weight is 262 g/mol. The Hall–Kier alpha value is 1.16. The van der Waals surface area contributed by atoms with Gasteiger partial charge >= 0.3 is 34.1 Å². The van der Waals surface area contributed by atoms with Crippen molar-refractivity contribution >= 4 is 19.7 Å². The Balaban J connectivity index is 0.000000174. The van der Waals surface area contributed by atoms with Gasteiger partial charge in [-0.15, -0.1) is 0 Å². The molecule has 0 bridgehead atoms. The van der Waals surface area contributed by atoms with Crippen LogP contribution in [0.25, 0.3) is 0 Å². The van der Waals surface area contributed by atoms with Crippen molar-refractivity contribution in [2.24, 2.45) is 0 Å². The topological polar surface area (TPSA) is 0 Å². The first kappa shape index (κ1) is 14.2. The molecule has 0 atom stereocenters. The predicted molar refractivity (Wildman–Crippen MR) is 57.9 cm³/mol. The van der Waals surface area contributed by atoms with Gasteiger partial charge in [-0.25, -0.2) is 0 Å². The zero-order valence-corrected chi connectivity index (χ0v) is 11.2. The fourth-order valence-corrected chi connectivity index (χ4v) is 1.77. The summed E-state index contributed by atoms with van der Waals surface area (Å²) < 4.78 is 0. The quantitative estimate of drug-likeness (QED) is 0.557. The molecule has 2 fully saturated rings. The summed E-state index contributed by atoms with van der Waals surface area (Å²) in [5.74, 6) is 0. The summed E-state index contributed by atoms with van der Waals surface area (Å²) in [6.07, 6.45) is 15.0. The van der Waals surface area contributed by atoms with Crippen LogP contribution in [0.4, 0.5) is 0 Å². The summed E-state index contributed by atoms with van der Waals surface area (Å²) in [6.45, 7) is 0. The summed E-state index contributed by atoms with van der Waals surface area (Å²) in [6, 6.07) is 0. The van der Waals surface area contributed by atoms with E-state index in [9.17, 15) is 0 Å². The molecule has 0 aromatic heterocycles. The molecular weight excluding hydrogens is 242 g/mol. The van der Waals surface area contributed by atoms with Gasteiger partial charge in [0.25, 0.3) is 0 Å². The molecule has 13 heavy (non-hydrogen) atoms. The maximum absolute atomic E-state index is 4.86. The SMILES string of the molecule is C1CCCC1.C1CCCC1.[Cl][V][Cl]. The van der Waals surface area contributed by atoms with Gasteiger partial charge in [-0.3, -0.25) is 0 Å². The van der Waals surface area contributed by atoms with Crippen LogP contribution >= 0.6 is 19.7 Å². The minimum absolute atomic E-state index is 0.368. The van der Waals surface area contributed by atoms with Crippen LogP contribution in [0.3, 0.4) is 0 Å². The van der Waals surface area contributed by atoms with Crippen LogP contribution in [-0.2, 0) is 14.4 Å². The van der Waals surface area contributed by atoms with Crippen molar-refractivity contribution in [3.05, 3.63) is 0 Å². The molecule has 0 amide bonds. The Kier molecular flexibility index (Phi) is 14.3. The molecule has 0 spiro atoms. The van der Waals surface area contributed by atoms with E-state index in [0.717, 1.165) is 0 Å². The van der Waals surface area contributed by atoms with Crippen molar-refractivity contribution in [3.8, 4) is 0 Å². The fourth-order valence-electron chi connectivity index (χ4n) is 1.77. The molecule has 2 saturated carbocycles. The summed E-state index contributed by atoms with van der Waals surface area (Å²) in [5.41, 5.74) is 0. The first-order valence-corrected chi connectivity index (χ1v) is 9.18. The molecule has 0 saturated heterocycles. The second-order valence-electron chi connectivity index (χ2n) is 3.60. The third kappa shape index (κ3) is 13.2. The van der Waals surface area contributed by atoms with Crippen molar-refractivity contribution in [2.45, 2.75) is 64.2 Å². The van der Waals surface area contributed by atoms with Gasteiger partial charge in [0.05, 0.1) is 0 Å². The monoisotopic (exact) mass is 261 g/mol. The molecule has 0 unspecified atom stereocenters. The van der Waals surface area contributed by atoms with Crippen LogP contribution in [0.15, 0.2) is 0 Å². The van der Waals surface area contributed by atoms with E-state index in [1.54, 1.807) is 0 Å². The molecule has 0 aromatic carbocycles. The van der Waals surface area contributed by atoms with E-state index in [4.69, 9.17) is 19.7 Å². The molecule has 3 heteroatoms. The molecule has 0 N–H and O–H groups in total. The third-order valence-electron chi connectivity index (χ3n) is 2.50. The van der Waals surface area contributed by atoms with E-state index in [-0.39, 0.29) is 14.4 Å². The molecule has 2 aliphatic rings. The van der Waals surface area contributed by atoms with Crippen molar-refractivity contribution in [1.29, 1.82) is 0 Å².